The maximum Gasteiger partial charge on any atom is 0.490 e. The highest BCUT2D eigenvalue weighted by Crippen LogP contribution is 2.69. The molecule has 104 valence electrons. The lowest BCUT2D eigenvalue weighted by molar-refractivity contribution is 0.204. The molecule has 0 saturated heterocycles. The second-order valence-electron chi connectivity index (χ2n) is 2.48. The lowest BCUT2D eigenvalue weighted by atomic mass is 12.0. The molecule has 3 atom stereocenters. The summed E-state index contributed by atoms with van der Waals surface area (Å²) in [6, 6.07) is 0. The fraction of sp³-hybridized carbons (Fsp3) is 1.00. The summed E-state index contributed by atoms with van der Waals surface area (Å²) in [5.74, 6) is 0. The van der Waals surface area contributed by atoms with Gasteiger partial charge in [-0.3, -0.25) is 4.57 Å². The van der Waals surface area contributed by atoms with Crippen molar-refractivity contribution in [1.82, 2.24) is 0 Å². The van der Waals surface area contributed by atoms with Crippen molar-refractivity contribution in [2.45, 2.75) is 0 Å². The third-order valence-electron chi connectivity index (χ3n) is 0.671. The second-order valence-corrected chi connectivity index (χ2v) is 8.90. The molecular formula is CH8O12P4. The van der Waals surface area contributed by atoms with Crippen molar-refractivity contribution < 1.29 is 55.7 Å². The lowest BCUT2D eigenvalue weighted by Gasteiger charge is -2.16. The van der Waals surface area contributed by atoms with Crippen LogP contribution in [0.15, 0.2) is 0 Å². The first kappa shape index (κ1) is 17.6. The number of rotatable bonds is 6. The molecule has 17 heavy (non-hydrogen) atoms. The van der Waals surface area contributed by atoms with Crippen molar-refractivity contribution in [1.29, 1.82) is 0 Å². The van der Waals surface area contributed by atoms with Gasteiger partial charge in [-0.15, -0.1) is 0 Å². The summed E-state index contributed by atoms with van der Waals surface area (Å²) in [4.78, 5) is 42.1. The predicted molar refractivity (Wildman–Crippen MR) is 50.7 cm³/mol. The summed E-state index contributed by atoms with van der Waals surface area (Å²) in [6.45, 7) is 0.464. The predicted octanol–water partition coefficient (Wildman–Crippen LogP) is 0.145. The van der Waals surface area contributed by atoms with Crippen LogP contribution in [0.1, 0.15) is 0 Å². The van der Waals surface area contributed by atoms with Gasteiger partial charge in [0.15, 0.2) is 0 Å². The summed E-state index contributed by atoms with van der Waals surface area (Å²) in [5, 5.41) is 0. The van der Waals surface area contributed by atoms with Crippen LogP contribution in [0.4, 0.5) is 0 Å². The highest BCUT2D eigenvalue weighted by molar-refractivity contribution is 7.70. The molecule has 12 nitrogen and oxygen atoms in total. The minimum Gasteiger partial charge on any atom is -0.324 e. The summed E-state index contributed by atoms with van der Waals surface area (Å²) in [7, 11) is -21.2. The Morgan fingerprint density at radius 3 is 1.35 bits per heavy atom. The molecule has 0 aliphatic rings. The zero-order valence-corrected chi connectivity index (χ0v) is 11.5. The van der Waals surface area contributed by atoms with Gasteiger partial charge in [-0.25, -0.2) is 18.0 Å². The van der Waals surface area contributed by atoms with Crippen LogP contribution in [0.3, 0.4) is 0 Å². The molecule has 3 unspecified atom stereocenters. The van der Waals surface area contributed by atoms with E-state index in [0.29, 0.717) is 6.66 Å². The molecule has 16 heteroatoms. The van der Waals surface area contributed by atoms with Gasteiger partial charge in [-0.05, 0) is 0 Å². The molecule has 0 heterocycles. The summed E-state index contributed by atoms with van der Waals surface area (Å²) in [6.07, 6.45) is 0. The SMILES string of the molecule is CP(=O)(O)OP(=O)(O)OP(=O)(O)OP(=O)(O)O. The Morgan fingerprint density at radius 1 is 0.706 bits per heavy atom. The van der Waals surface area contributed by atoms with Crippen LogP contribution in [0.25, 0.3) is 0 Å². The first-order chi connectivity index (χ1) is 7.12. The number of hydrogen-bond donors (Lipinski definition) is 5. The number of hydrogen-bond acceptors (Lipinski definition) is 7. The molecule has 0 fully saturated rings. The molecule has 0 aromatic carbocycles. The fourth-order valence-electron chi connectivity index (χ4n) is 0.486. The van der Waals surface area contributed by atoms with Crippen molar-refractivity contribution >= 4 is 31.1 Å². The monoisotopic (exact) mass is 336 g/mol. The lowest BCUT2D eigenvalue weighted by Crippen LogP contribution is -1.95. The van der Waals surface area contributed by atoms with Gasteiger partial charge in [0, 0.05) is 6.66 Å². The molecule has 5 N–H and O–H groups in total. The molecule has 0 aromatic heterocycles. The molecule has 0 radical (unpaired) electrons. The van der Waals surface area contributed by atoms with Crippen LogP contribution in [0.2, 0.25) is 0 Å². The third-order valence-corrected chi connectivity index (χ3v) is 6.04. The standard InChI is InChI=1S/CH8O12P4/c1-14(2,3)11-16(7,8)13-17(9,10)12-15(4,5)6/h1H3,(H,2,3)(H,7,8)(H,9,10)(H2,4,5,6). The van der Waals surface area contributed by atoms with Gasteiger partial charge in [-0.2, -0.15) is 8.62 Å². The zero-order valence-electron chi connectivity index (χ0n) is 7.88. The van der Waals surface area contributed by atoms with Gasteiger partial charge in [0.1, 0.15) is 0 Å². The van der Waals surface area contributed by atoms with E-state index in [1.54, 1.807) is 0 Å². The van der Waals surface area contributed by atoms with Crippen LogP contribution in [0, 0.1) is 0 Å². The van der Waals surface area contributed by atoms with Gasteiger partial charge in [0.25, 0.3) is 0 Å². The van der Waals surface area contributed by atoms with Crippen LogP contribution in [-0.4, -0.2) is 31.1 Å². The maximum atomic E-state index is 10.8. The van der Waals surface area contributed by atoms with Crippen LogP contribution >= 0.6 is 31.1 Å². The van der Waals surface area contributed by atoms with E-state index in [0.717, 1.165) is 0 Å². The molecule has 0 rings (SSSR count). The van der Waals surface area contributed by atoms with E-state index in [9.17, 15) is 18.3 Å². The Labute approximate surface area is 94.2 Å². The first-order valence-corrected chi connectivity index (χ1v) is 9.82. The molecule has 0 bridgehead atoms. The largest absolute Gasteiger partial charge is 0.490 e. The third kappa shape index (κ3) is 10.2. The Hall–Kier alpha value is 0.600. The molecule has 0 aliphatic heterocycles. The molecule has 0 aliphatic carbocycles. The first-order valence-electron chi connectivity index (χ1n) is 3.27. The second kappa shape index (κ2) is 5.30. The van der Waals surface area contributed by atoms with E-state index in [1.165, 1.54) is 0 Å². The maximum absolute atomic E-state index is 10.8. The van der Waals surface area contributed by atoms with E-state index in [-0.39, 0.29) is 0 Å². The van der Waals surface area contributed by atoms with Crippen LogP contribution < -0.4 is 0 Å². The van der Waals surface area contributed by atoms with Crippen molar-refractivity contribution in [3.63, 3.8) is 0 Å². The molecule has 0 spiro atoms. The minimum atomic E-state index is -5.66. The van der Waals surface area contributed by atoms with Crippen molar-refractivity contribution in [3.8, 4) is 0 Å². The average Bonchev–Trinajstić information content (AvgIpc) is 1.65. The van der Waals surface area contributed by atoms with Gasteiger partial charge in [0.05, 0.1) is 0 Å². The van der Waals surface area contributed by atoms with Gasteiger partial charge < -0.3 is 24.5 Å². The highest BCUT2D eigenvalue weighted by Gasteiger charge is 2.42. The molecular weight excluding hydrogens is 328 g/mol. The van der Waals surface area contributed by atoms with Crippen molar-refractivity contribution in [2.75, 3.05) is 6.66 Å². The van der Waals surface area contributed by atoms with Gasteiger partial charge in [0.2, 0.25) is 0 Å². The van der Waals surface area contributed by atoms with Crippen LogP contribution in [0.5, 0.6) is 0 Å². The quantitative estimate of drug-likeness (QED) is 0.412. The van der Waals surface area contributed by atoms with E-state index in [4.69, 9.17) is 24.5 Å². The zero-order chi connectivity index (χ0) is 14.1. The van der Waals surface area contributed by atoms with E-state index in [2.05, 4.69) is 12.9 Å². The highest BCUT2D eigenvalue weighted by atomic mass is 31.3. The van der Waals surface area contributed by atoms with Gasteiger partial charge in [-0.1, -0.05) is 0 Å². The summed E-state index contributed by atoms with van der Waals surface area (Å²) in [5.41, 5.74) is 0. The Morgan fingerprint density at radius 2 is 1.06 bits per heavy atom. The molecule has 0 aromatic rings. The minimum absolute atomic E-state index is 0.464. The molecule has 0 amide bonds. The van der Waals surface area contributed by atoms with E-state index < -0.39 is 31.1 Å². The Bertz CT molecular complexity index is 407. The van der Waals surface area contributed by atoms with E-state index >= 15 is 0 Å². The Balaban J connectivity index is 4.84. The normalized spacial score (nSPS) is 23.4. The van der Waals surface area contributed by atoms with Crippen molar-refractivity contribution in [3.05, 3.63) is 0 Å². The van der Waals surface area contributed by atoms with E-state index in [1.807, 2.05) is 0 Å². The average molecular weight is 336 g/mol. The van der Waals surface area contributed by atoms with Gasteiger partial charge >= 0.3 is 31.1 Å². The molecule has 0 saturated carbocycles. The Kier molecular flexibility index (Phi) is 5.49. The summed E-state index contributed by atoms with van der Waals surface area (Å²) >= 11 is 0. The topological polar surface area (TPSA) is 197 Å². The summed E-state index contributed by atoms with van der Waals surface area (Å²) < 4.78 is 52.3. The smallest absolute Gasteiger partial charge is 0.324 e. The number of phosphoric acid groups is 3. The fourth-order valence-corrected chi connectivity index (χ4v) is 4.91. The van der Waals surface area contributed by atoms with Crippen molar-refractivity contribution in [2.24, 2.45) is 0 Å². The van der Waals surface area contributed by atoms with Crippen LogP contribution in [-0.2, 0) is 31.2 Å².